The molecule has 1 aliphatic heterocycles. The molecule has 140 valence electrons. The minimum Gasteiger partial charge on any atom is -0.490 e. The van der Waals surface area contributed by atoms with E-state index < -0.39 is 0 Å². The number of ether oxygens (including phenoxy) is 2. The van der Waals surface area contributed by atoms with Crippen molar-refractivity contribution in [3.63, 3.8) is 0 Å². The smallest absolute Gasteiger partial charge is 0.201 e. The summed E-state index contributed by atoms with van der Waals surface area (Å²) in [6.45, 7) is 2.06. The molecule has 0 saturated carbocycles. The first kappa shape index (κ1) is 18.2. The summed E-state index contributed by atoms with van der Waals surface area (Å²) in [5, 5.41) is 3.28. The monoisotopic (exact) mass is 377 g/mol. The van der Waals surface area contributed by atoms with Gasteiger partial charge in [0.15, 0.2) is 17.5 Å². The normalized spacial score (nSPS) is 15.2. The molecule has 0 atom stereocenters. The molecular weight excluding hydrogens is 354 g/mol. The van der Waals surface area contributed by atoms with Crippen LogP contribution in [0.5, 0.6) is 5.75 Å². The van der Waals surface area contributed by atoms with Crippen LogP contribution in [0, 0.1) is 4.77 Å². The van der Waals surface area contributed by atoms with Crippen LogP contribution < -0.4 is 27.3 Å². The highest BCUT2D eigenvalue weighted by molar-refractivity contribution is 7.71. The fraction of sp³-hybridized carbons (Fsp3) is 0.438. The second kappa shape index (κ2) is 8.19. The molecule has 1 aliphatic carbocycles. The number of rotatable bonds is 7. The maximum Gasteiger partial charge on any atom is 0.201 e. The number of fused-ring (bicyclic) bond motifs is 1. The maximum absolute atomic E-state index is 6.05. The summed E-state index contributed by atoms with van der Waals surface area (Å²) in [7, 11) is 0. The molecule has 1 aromatic heterocycles. The molecule has 26 heavy (non-hydrogen) atoms. The number of allylic oxidation sites excluding steroid dienone is 2. The maximum atomic E-state index is 6.05. The third kappa shape index (κ3) is 4.14. The van der Waals surface area contributed by atoms with Crippen molar-refractivity contribution in [3.05, 3.63) is 34.3 Å². The molecule has 0 spiro atoms. The molecule has 3 rings (SSSR count). The topological polar surface area (TPSA) is 139 Å². The van der Waals surface area contributed by atoms with E-state index in [-0.39, 0.29) is 5.96 Å². The number of aryl methyl sites for hydroxylation is 1. The number of nitrogens with one attached hydrogen (secondary N) is 1. The van der Waals surface area contributed by atoms with Crippen LogP contribution >= 0.6 is 12.2 Å². The number of nitrogens with zero attached hydrogens (tertiary/aromatic N) is 3. The van der Waals surface area contributed by atoms with E-state index >= 15 is 0 Å². The molecule has 9 nitrogen and oxygen atoms in total. The first-order valence-corrected chi connectivity index (χ1v) is 8.87. The van der Waals surface area contributed by atoms with Crippen molar-refractivity contribution in [1.82, 2.24) is 9.55 Å². The van der Waals surface area contributed by atoms with Gasteiger partial charge in [0.25, 0.3) is 0 Å². The lowest BCUT2D eigenvalue weighted by molar-refractivity contribution is 0.221. The Balaban J connectivity index is 1.75. The molecule has 1 aromatic rings. The van der Waals surface area contributed by atoms with Crippen LogP contribution in [-0.4, -0.2) is 35.2 Å². The third-order valence-electron chi connectivity index (χ3n) is 3.91. The van der Waals surface area contributed by atoms with E-state index in [9.17, 15) is 0 Å². The second-order valence-electron chi connectivity index (χ2n) is 5.86. The van der Waals surface area contributed by atoms with Gasteiger partial charge < -0.3 is 36.6 Å². The van der Waals surface area contributed by atoms with Crippen LogP contribution in [0.15, 0.2) is 34.5 Å². The van der Waals surface area contributed by atoms with Gasteiger partial charge in [0.1, 0.15) is 23.8 Å². The van der Waals surface area contributed by atoms with Crippen molar-refractivity contribution in [3.8, 4) is 5.75 Å². The van der Waals surface area contributed by atoms with E-state index in [0.717, 1.165) is 30.7 Å². The standard InChI is InChI=1S/C16H23N7O2S/c17-5-2-7-23-9-12-14(22-16(23)26)21-13-10(3-1-4-11(13)25-12)24-8-6-20-15(18)19/h3,9H,1-2,4-8,17H2,(H4,18,19,20)(H,21,22,26). The number of aromatic nitrogens is 2. The molecule has 0 bridgehead atoms. The zero-order valence-corrected chi connectivity index (χ0v) is 15.2. The van der Waals surface area contributed by atoms with Gasteiger partial charge in [0.2, 0.25) is 4.77 Å². The number of aliphatic imine (C=N–C) groups is 1. The van der Waals surface area contributed by atoms with Crippen LogP contribution in [0.4, 0.5) is 5.82 Å². The van der Waals surface area contributed by atoms with Crippen molar-refractivity contribution in [2.75, 3.05) is 25.0 Å². The van der Waals surface area contributed by atoms with Crippen LogP contribution in [0.2, 0.25) is 0 Å². The zero-order valence-electron chi connectivity index (χ0n) is 14.4. The Labute approximate surface area is 156 Å². The minimum absolute atomic E-state index is 0.0456. The van der Waals surface area contributed by atoms with Crippen molar-refractivity contribution in [1.29, 1.82) is 0 Å². The summed E-state index contributed by atoms with van der Waals surface area (Å²) in [6, 6.07) is 0. The predicted octanol–water partition coefficient (Wildman–Crippen LogP) is 0.945. The van der Waals surface area contributed by atoms with E-state index in [2.05, 4.69) is 15.3 Å². The summed E-state index contributed by atoms with van der Waals surface area (Å²) >= 11 is 5.35. The predicted molar refractivity (Wildman–Crippen MR) is 102 cm³/mol. The quantitative estimate of drug-likeness (QED) is 0.238. The fourth-order valence-corrected chi connectivity index (χ4v) is 2.94. The highest BCUT2D eigenvalue weighted by Crippen LogP contribution is 2.37. The Morgan fingerprint density at radius 1 is 1.46 bits per heavy atom. The Bertz CT molecular complexity index is 824. The van der Waals surface area contributed by atoms with E-state index in [0.29, 0.717) is 48.3 Å². The molecule has 0 radical (unpaired) electrons. The van der Waals surface area contributed by atoms with Gasteiger partial charge in [0.05, 0.1) is 12.7 Å². The number of guanidine groups is 1. The molecule has 0 fully saturated rings. The summed E-state index contributed by atoms with van der Waals surface area (Å²) in [6.07, 6.45) is 6.31. The fourth-order valence-electron chi connectivity index (χ4n) is 2.70. The van der Waals surface area contributed by atoms with Gasteiger partial charge >= 0.3 is 0 Å². The van der Waals surface area contributed by atoms with Gasteiger partial charge in [-0.2, -0.15) is 4.98 Å². The summed E-state index contributed by atoms with van der Waals surface area (Å²) < 4.78 is 14.2. The SMILES string of the molecule is NCCCn1cc2c(nc1=S)NC1=C(CCC=C1OCCN=C(N)N)O2. The van der Waals surface area contributed by atoms with Crippen molar-refractivity contribution in [2.24, 2.45) is 22.2 Å². The molecule has 0 unspecified atom stereocenters. The lowest BCUT2D eigenvalue weighted by Gasteiger charge is -2.28. The molecule has 0 aromatic carbocycles. The Morgan fingerprint density at radius 2 is 2.31 bits per heavy atom. The molecule has 2 heterocycles. The van der Waals surface area contributed by atoms with Crippen LogP contribution in [0.1, 0.15) is 19.3 Å². The Morgan fingerprint density at radius 3 is 3.08 bits per heavy atom. The largest absolute Gasteiger partial charge is 0.490 e. The molecule has 2 aliphatic rings. The third-order valence-corrected chi connectivity index (χ3v) is 4.23. The highest BCUT2D eigenvalue weighted by atomic mass is 32.1. The van der Waals surface area contributed by atoms with Gasteiger partial charge in [-0.3, -0.25) is 4.99 Å². The average molecular weight is 377 g/mol. The van der Waals surface area contributed by atoms with Crippen molar-refractivity contribution < 1.29 is 9.47 Å². The molecule has 0 amide bonds. The van der Waals surface area contributed by atoms with Crippen LogP contribution in [-0.2, 0) is 11.3 Å². The molecule has 0 saturated heterocycles. The van der Waals surface area contributed by atoms with Crippen LogP contribution in [0.3, 0.4) is 0 Å². The average Bonchev–Trinajstić information content (AvgIpc) is 2.62. The van der Waals surface area contributed by atoms with Gasteiger partial charge in [-0.25, -0.2) is 0 Å². The number of hydrogen-bond donors (Lipinski definition) is 4. The van der Waals surface area contributed by atoms with Gasteiger partial charge in [-0.05, 0) is 37.7 Å². The first-order valence-electron chi connectivity index (χ1n) is 8.47. The van der Waals surface area contributed by atoms with E-state index in [1.807, 2.05) is 16.8 Å². The van der Waals surface area contributed by atoms with E-state index in [4.69, 9.17) is 38.9 Å². The second-order valence-corrected chi connectivity index (χ2v) is 6.22. The van der Waals surface area contributed by atoms with Crippen LogP contribution in [0.25, 0.3) is 0 Å². The lowest BCUT2D eigenvalue weighted by atomic mass is 10.1. The molecular formula is C16H23N7O2S. The van der Waals surface area contributed by atoms with E-state index in [1.54, 1.807) is 0 Å². The van der Waals surface area contributed by atoms with Crippen molar-refractivity contribution in [2.45, 2.75) is 25.8 Å². The molecule has 7 N–H and O–H groups in total. The number of nitrogens with two attached hydrogens (primary N) is 3. The summed E-state index contributed by atoms with van der Waals surface area (Å²) in [5.74, 6) is 2.80. The Kier molecular flexibility index (Phi) is 5.74. The number of anilines is 1. The van der Waals surface area contributed by atoms with E-state index in [1.165, 1.54) is 0 Å². The van der Waals surface area contributed by atoms with Gasteiger partial charge in [0, 0.05) is 13.0 Å². The summed E-state index contributed by atoms with van der Waals surface area (Å²) in [5.41, 5.74) is 17.0. The van der Waals surface area contributed by atoms with Gasteiger partial charge in [-0.1, -0.05) is 0 Å². The zero-order chi connectivity index (χ0) is 18.5. The number of hydrogen-bond acceptors (Lipinski definition) is 7. The Hall–Kier alpha value is -2.59. The highest BCUT2D eigenvalue weighted by Gasteiger charge is 2.27. The minimum atomic E-state index is 0.0456. The summed E-state index contributed by atoms with van der Waals surface area (Å²) in [4.78, 5) is 8.35. The first-order chi connectivity index (χ1) is 12.6. The van der Waals surface area contributed by atoms with Crippen molar-refractivity contribution >= 4 is 24.0 Å². The van der Waals surface area contributed by atoms with Gasteiger partial charge in [-0.15, -0.1) is 0 Å². The molecule has 10 heteroatoms. The lowest BCUT2D eigenvalue weighted by Crippen LogP contribution is -2.24.